The Labute approximate surface area is 146 Å². The molecule has 0 atom stereocenters. The molecule has 0 saturated carbocycles. The van der Waals surface area contributed by atoms with Crippen molar-refractivity contribution < 1.29 is 18.0 Å². The van der Waals surface area contributed by atoms with Gasteiger partial charge in [0.05, 0.1) is 5.56 Å². The number of carbonyl (C=O) groups is 1. The lowest BCUT2D eigenvalue weighted by atomic mass is 9.99. The lowest BCUT2D eigenvalue weighted by Gasteiger charge is -2.30. The summed E-state index contributed by atoms with van der Waals surface area (Å²) in [5.41, 5.74) is -0.0570. The van der Waals surface area contributed by atoms with Crippen molar-refractivity contribution in [2.75, 3.05) is 26.2 Å². The number of piperidine rings is 1. The number of urea groups is 1. The van der Waals surface area contributed by atoms with Crippen LogP contribution in [0, 0.1) is 5.92 Å². The second-order valence-corrected chi connectivity index (χ2v) is 6.68. The quantitative estimate of drug-likeness (QED) is 0.764. The van der Waals surface area contributed by atoms with Gasteiger partial charge in [-0.3, -0.25) is 0 Å². The molecule has 2 rings (SSSR count). The SMILES string of the molecule is CC1CCN(CCCNC(=O)NCc2ccc(C(F)(F)F)cc2)CC1. The van der Waals surface area contributed by atoms with Crippen molar-refractivity contribution in [1.82, 2.24) is 15.5 Å². The second-order valence-electron chi connectivity index (χ2n) is 6.68. The Hall–Kier alpha value is -1.76. The third-order valence-corrected chi connectivity index (χ3v) is 4.55. The Bertz CT molecular complexity index is 537. The average Bonchev–Trinajstić information content (AvgIpc) is 2.58. The van der Waals surface area contributed by atoms with Crippen molar-refractivity contribution in [3.05, 3.63) is 35.4 Å². The molecule has 7 heteroatoms. The highest BCUT2D eigenvalue weighted by atomic mass is 19.4. The summed E-state index contributed by atoms with van der Waals surface area (Å²) >= 11 is 0. The molecule has 2 N–H and O–H groups in total. The van der Waals surface area contributed by atoms with Crippen LogP contribution in [0.2, 0.25) is 0 Å². The van der Waals surface area contributed by atoms with Gasteiger partial charge in [0.1, 0.15) is 0 Å². The zero-order valence-electron chi connectivity index (χ0n) is 14.5. The van der Waals surface area contributed by atoms with Gasteiger partial charge in [-0.1, -0.05) is 19.1 Å². The highest BCUT2D eigenvalue weighted by molar-refractivity contribution is 5.73. The van der Waals surface area contributed by atoms with E-state index < -0.39 is 11.7 Å². The molecule has 1 saturated heterocycles. The third-order valence-electron chi connectivity index (χ3n) is 4.55. The van der Waals surface area contributed by atoms with Gasteiger partial charge in [0, 0.05) is 13.1 Å². The van der Waals surface area contributed by atoms with Gasteiger partial charge < -0.3 is 15.5 Å². The Morgan fingerprint density at radius 2 is 1.80 bits per heavy atom. The summed E-state index contributed by atoms with van der Waals surface area (Å²) < 4.78 is 37.4. The van der Waals surface area contributed by atoms with E-state index in [0.29, 0.717) is 12.1 Å². The minimum Gasteiger partial charge on any atom is -0.338 e. The number of nitrogens with zero attached hydrogens (tertiary/aromatic N) is 1. The van der Waals surface area contributed by atoms with Gasteiger partial charge in [-0.2, -0.15) is 13.2 Å². The van der Waals surface area contributed by atoms with E-state index in [1.807, 2.05) is 0 Å². The molecule has 0 radical (unpaired) electrons. The summed E-state index contributed by atoms with van der Waals surface area (Å²) in [5.74, 6) is 0.811. The Morgan fingerprint density at radius 3 is 2.40 bits per heavy atom. The summed E-state index contributed by atoms with van der Waals surface area (Å²) in [7, 11) is 0. The molecule has 1 aliphatic heterocycles. The van der Waals surface area contributed by atoms with Gasteiger partial charge in [-0.15, -0.1) is 0 Å². The number of rotatable bonds is 6. The van der Waals surface area contributed by atoms with Gasteiger partial charge in [-0.05, 0) is 62.5 Å². The molecule has 25 heavy (non-hydrogen) atoms. The molecule has 1 aromatic carbocycles. The first-order chi connectivity index (χ1) is 11.8. The highest BCUT2D eigenvalue weighted by Crippen LogP contribution is 2.29. The van der Waals surface area contributed by atoms with Gasteiger partial charge in [0.25, 0.3) is 0 Å². The third kappa shape index (κ3) is 6.94. The molecular formula is C18H26F3N3O. The van der Waals surface area contributed by atoms with Gasteiger partial charge in [0.15, 0.2) is 0 Å². The number of benzene rings is 1. The van der Waals surface area contributed by atoms with E-state index in [1.54, 1.807) is 0 Å². The Kier molecular flexibility index (Phi) is 7.11. The minimum absolute atomic E-state index is 0.202. The Balaban J connectivity index is 1.59. The Morgan fingerprint density at radius 1 is 1.16 bits per heavy atom. The van der Waals surface area contributed by atoms with Crippen molar-refractivity contribution in [2.45, 2.75) is 38.9 Å². The zero-order valence-corrected chi connectivity index (χ0v) is 14.5. The maximum Gasteiger partial charge on any atom is 0.416 e. The van der Waals surface area contributed by atoms with E-state index in [-0.39, 0.29) is 12.6 Å². The maximum absolute atomic E-state index is 12.5. The fourth-order valence-electron chi connectivity index (χ4n) is 2.85. The number of hydrogen-bond acceptors (Lipinski definition) is 2. The normalized spacial score (nSPS) is 16.6. The number of nitrogens with one attached hydrogen (secondary N) is 2. The lowest BCUT2D eigenvalue weighted by Crippen LogP contribution is -2.38. The van der Waals surface area contributed by atoms with Crippen LogP contribution in [-0.4, -0.2) is 37.1 Å². The molecule has 0 unspecified atom stereocenters. The number of halogens is 3. The van der Waals surface area contributed by atoms with Crippen molar-refractivity contribution in [3.63, 3.8) is 0 Å². The predicted molar refractivity (Wildman–Crippen MR) is 91.1 cm³/mol. The molecule has 0 aromatic heterocycles. The molecule has 2 amide bonds. The van der Waals surface area contributed by atoms with Crippen LogP contribution in [-0.2, 0) is 12.7 Å². The van der Waals surface area contributed by atoms with E-state index in [0.717, 1.165) is 44.1 Å². The zero-order chi connectivity index (χ0) is 18.3. The van der Waals surface area contributed by atoms with Gasteiger partial charge >= 0.3 is 12.2 Å². The lowest BCUT2D eigenvalue weighted by molar-refractivity contribution is -0.137. The maximum atomic E-state index is 12.5. The summed E-state index contributed by atoms with van der Waals surface area (Å²) in [6.07, 6.45) is -0.972. The van der Waals surface area contributed by atoms with E-state index in [1.165, 1.54) is 25.0 Å². The predicted octanol–water partition coefficient (Wildman–Crippen LogP) is 3.63. The second kappa shape index (κ2) is 9.08. The first-order valence-corrected chi connectivity index (χ1v) is 8.75. The van der Waals surface area contributed by atoms with Crippen molar-refractivity contribution in [1.29, 1.82) is 0 Å². The number of carbonyl (C=O) groups excluding carboxylic acids is 1. The number of alkyl halides is 3. The van der Waals surface area contributed by atoms with Crippen LogP contribution in [0.4, 0.5) is 18.0 Å². The largest absolute Gasteiger partial charge is 0.416 e. The van der Waals surface area contributed by atoms with Crippen molar-refractivity contribution in [3.8, 4) is 0 Å². The van der Waals surface area contributed by atoms with Crippen LogP contribution in [0.25, 0.3) is 0 Å². The molecule has 0 spiro atoms. The smallest absolute Gasteiger partial charge is 0.338 e. The van der Waals surface area contributed by atoms with Crippen molar-refractivity contribution in [2.24, 2.45) is 5.92 Å². The molecular weight excluding hydrogens is 331 g/mol. The van der Waals surface area contributed by atoms with Crippen LogP contribution in [0.1, 0.15) is 37.3 Å². The van der Waals surface area contributed by atoms with E-state index in [2.05, 4.69) is 22.5 Å². The average molecular weight is 357 g/mol. The van der Waals surface area contributed by atoms with Gasteiger partial charge in [0.2, 0.25) is 0 Å². The first kappa shape index (κ1) is 19.6. The number of likely N-dealkylation sites (tertiary alicyclic amines) is 1. The van der Waals surface area contributed by atoms with Crippen LogP contribution >= 0.6 is 0 Å². The fraction of sp³-hybridized carbons (Fsp3) is 0.611. The van der Waals surface area contributed by atoms with E-state index in [4.69, 9.17) is 0 Å². The number of amides is 2. The van der Waals surface area contributed by atoms with Gasteiger partial charge in [-0.25, -0.2) is 4.79 Å². The molecule has 1 heterocycles. The fourth-order valence-corrected chi connectivity index (χ4v) is 2.85. The first-order valence-electron chi connectivity index (χ1n) is 8.75. The number of hydrogen-bond donors (Lipinski definition) is 2. The van der Waals surface area contributed by atoms with Crippen LogP contribution in [0.15, 0.2) is 24.3 Å². The molecule has 140 valence electrons. The van der Waals surface area contributed by atoms with Crippen LogP contribution in [0.5, 0.6) is 0 Å². The van der Waals surface area contributed by atoms with E-state index in [9.17, 15) is 18.0 Å². The highest BCUT2D eigenvalue weighted by Gasteiger charge is 2.29. The standard InChI is InChI=1S/C18H26F3N3O/c1-14-7-11-24(12-8-14)10-2-9-22-17(25)23-13-15-3-5-16(6-4-15)18(19,20)21/h3-6,14H,2,7-13H2,1H3,(H2,22,23,25). The summed E-state index contributed by atoms with van der Waals surface area (Å²) in [6, 6.07) is 4.50. The molecule has 0 aliphatic carbocycles. The minimum atomic E-state index is -4.34. The summed E-state index contributed by atoms with van der Waals surface area (Å²) in [6.45, 7) is 6.30. The molecule has 1 fully saturated rings. The monoisotopic (exact) mass is 357 g/mol. The molecule has 1 aliphatic rings. The summed E-state index contributed by atoms with van der Waals surface area (Å²) in [5, 5.41) is 5.44. The molecule has 0 bridgehead atoms. The van der Waals surface area contributed by atoms with E-state index >= 15 is 0 Å². The van der Waals surface area contributed by atoms with Crippen LogP contribution < -0.4 is 10.6 Å². The van der Waals surface area contributed by atoms with Crippen molar-refractivity contribution >= 4 is 6.03 Å². The topological polar surface area (TPSA) is 44.4 Å². The molecule has 4 nitrogen and oxygen atoms in total. The molecule has 1 aromatic rings. The summed E-state index contributed by atoms with van der Waals surface area (Å²) in [4.78, 5) is 14.1. The van der Waals surface area contributed by atoms with Crippen LogP contribution in [0.3, 0.4) is 0 Å².